The van der Waals surface area contributed by atoms with E-state index in [4.69, 9.17) is 0 Å². The molecule has 1 nitrogen and oxygen atoms in total. The van der Waals surface area contributed by atoms with Gasteiger partial charge in [0.15, 0.2) is 0 Å². The van der Waals surface area contributed by atoms with Crippen LogP contribution in [-0.2, 0) is 0 Å². The summed E-state index contributed by atoms with van der Waals surface area (Å²) in [6, 6.07) is 3.23. The van der Waals surface area contributed by atoms with Crippen molar-refractivity contribution in [3.8, 4) is 0 Å². The molecule has 1 heterocycles. The Morgan fingerprint density at radius 1 is 1.27 bits per heavy atom. The third-order valence-electron chi connectivity index (χ3n) is 2.64. The van der Waals surface area contributed by atoms with Gasteiger partial charge in [-0.05, 0) is 41.5 Å². The van der Waals surface area contributed by atoms with Crippen molar-refractivity contribution in [1.29, 1.82) is 0 Å². The molecule has 1 saturated heterocycles. The summed E-state index contributed by atoms with van der Waals surface area (Å²) in [5.41, 5.74) is 0.347. The largest absolute Gasteiger partial charge is 0.388 e. The first-order chi connectivity index (χ1) is 7.16. The molecule has 1 aliphatic rings. The van der Waals surface area contributed by atoms with Gasteiger partial charge in [0.05, 0.1) is 6.10 Å². The van der Waals surface area contributed by atoms with E-state index in [0.717, 1.165) is 24.0 Å². The second kappa shape index (κ2) is 4.49. The summed E-state index contributed by atoms with van der Waals surface area (Å²) < 4.78 is 25.8. The van der Waals surface area contributed by atoms with E-state index < -0.39 is 17.7 Å². The number of hydrogen-bond donors (Lipinski definition) is 1. The molecule has 0 saturated carbocycles. The average Bonchev–Trinajstić information content (AvgIpc) is 2.67. The van der Waals surface area contributed by atoms with Crippen molar-refractivity contribution >= 4 is 11.8 Å². The maximum Gasteiger partial charge on any atom is 0.126 e. The van der Waals surface area contributed by atoms with Gasteiger partial charge in [0, 0.05) is 6.07 Å². The zero-order valence-corrected chi connectivity index (χ0v) is 8.94. The van der Waals surface area contributed by atoms with Gasteiger partial charge in [-0.2, -0.15) is 11.8 Å². The molecule has 0 amide bonds. The quantitative estimate of drug-likeness (QED) is 0.843. The predicted molar refractivity (Wildman–Crippen MR) is 56.7 cm³/mol. The Morgan fingerprint density at radius 2 is 1.93 bits per heavy atom. The van der Waals surface area contributed by atoms with E-state index in [1.54, 1.807) is 11.8 Å². The monoisotopic (exact) mass is 230 g/mol. The molecule has 0 aliphatic carbocycles. The number of halogens is 2. The predicted octanol–water partition coefficient (Wildman–Crippen LogP) is 2.75. The highest BCUT2D eigenvalue weighted by molar-refractivity contribution is 7.99. The Morgan fingerprint density at radius 3 is 2.47 bits per heavy atom. The lowest BCUT2D eigenvalue weighted by atomic mass is 9.95. The molecule has 0 aromatic heterocycles. The smallest absolute Gasteiger partial charge is 0.126 e. The van der Waals surface area contributed by atoms with Crippen molar-refractivity contribution < 1.29 is 13.9 Å². The van der Waals surface area contributed by atoms with Crippen LogP contribution in [0.5, 0.6) is 0 Å². The van der Waals surface area contributed by atoms with E-state index in [-0.39, 0.29) is 5.92 Å². The first kappa shape index (κ1) is 10.9. The summed E-state index contributed by atoms with van der Waals surface area (Å²) in [4.78, 5) is 0. The number of hydrogen-bond acceptors (Lipinski definition) is 2. The zero-order chi connectivity index (χ0) is 10.8. The van der Waals surface area contributed by atoms with Crippen LogP contribution in [0.3, 0.4) is 0 Å². The van der Waals surface area contributed by atoms with Gasteiger partial charge >= 0.3 is 0 Å². The van der Waals surface area contributed by atoms with Gasteiger partial charge in [-0.1, -0.05) is 0 Å². The average molecular weight is 230 g/mol. The molecule has 1 fully saturated rings. The molecule has 1 aliphatic heterocycles. The minimum atomic E-state index is -0.745. The van der Waals surface area contributed by atoms with Crippen LogP contribution in [0.25, 0.3) is 0 Å². The Labute approximate surface area is 91.5 Å². The van der Waals surface area contributed by atoms with Crippen LogP contribution in [0.15, 0.2) is 18.2 Å². The lowest BCUT2D eigenvalue weighted by molar-refractivity contribution is 0.120. The van der Waals surface area contributed by atoms with Gasteiger partial charge in [0.25, 0.3) is 0 Å². The van der Waals surface area contributed by atoms with Crippen molar-refractivity contribution in [2.45, 2.75) is 12.5 Å². The Hall–Kier alpha value is -0.610. The Balaban J connectivity index is 2.20. The summed E-state index contributed by atoms with van der Waals surface area (Å²) >= 11 is 1.77. The maximum atomic E-state index is 12.9. The summed E-state index contributed by atoms with van der Waals surface area (Å²) in [6.45, 7) is 0. The topological polar surface area (TPSA) is 20.2 Å². The molecule has 1 aromatic carbocycles. The van der Waals surface area contributed by atoms with E-state index >= 15 is 0 Å². The van der Waals surface area contributed by atoms with Crippen molar-refractivity contribution in [3.63, 3.8) is 0 Å². The van der Waals surface area contributed by atoms with Crippen molar-refractivity contribution in [3.05, 3.63) is 35.4 Å². The molecule has 1 aromatic rings. The lowest BCUT2D eigenvalue weighted by Gasteiger charge is -2.17. The zero-order valence-electron chi connectivity index (χ0n) is 8.12. The van der Waals surface area contributed by atoms with Gasteiger partial charge in [0.2, 0.25) is 0 Å². The van der Waals surface area contributed by atoms with Crippen LogP contribution in [0.1, 0.15) is 18.1 Å². The maximum absolute atomic E-state index is 12.9. The first-order valence-corrected chi connectivity index (χ1v) is 6.04. The van der Waals surface area contributed by atoms with Crippen molar-refractivity contribution in [1.82, 2.24) is 0 Å². The molecule has 2 rings (SSSR count). The fourth-order valence-electron chi connectivity index (χ4n) is 1.82. The molecule has 2 unspecified atom stereocenters. The standard InChI is InChI=1S/C11H12F2OS/c12-9-3-8(4-10(13)5-9)11(14)7-1-2-15-6-7/h3-5,7,11,14H,1-2,6H2. The third kappa shape index (κ3) is 2.49. The van der Waals surface area contributed by atoms with Gasteiger partial charge < -0.3 is 5.11 Å². The van der Waals surface area contributed by atoms with Gasteiger partial charge in [-0.15, -0.1) is 0 Å². The van der Waals surface area contributed by atoms with Gasteiger partial charge in [-0.25, -0.2) is 8.78 Å². The minimum absolute atomic E-state index is 0.121. The fourth-order valence-corrected chi connectivity index (χ4v) is 3.11. The summed E-state index contributed by atoms with van der Waals surface area (Å²) in [7, 11) is 0. The van der Waals surface area contributed by atoms with E-state index in [9.17, 15) is 13.9 Å². The molecular formula is C11H12F2OS. The molecular weight excluding hydrogens is 218 g/mol. The highest BCUT2D eigenvalue weighted by atomic mass is 32.2. The summed E-state index contributed by atoms with van der Waals surface area (Å²) in [5, 5.41) is 9.92. The second-order valence-electron chi connectivity index (χ2n) is 3.77. The van der Waals surface area contributed by atoms with E-state index in [2.05, 4.69) is 0 Å². The van der Waals surface area contributed by atoms with Crippen molar-refractivity contribution in [2.24, 2.45) is 5.92 Å². The van der Waals surface area contributed by atoms with Gasteiger partial charge in [0.1, 0.15) is 11.6 Å². The SMILES string of the molecule is OC(c1cc(F)cc(F)c1)C1CCSC1. The van der Waals surface area contributed by atoms with Gasteiger partial charge in [-0.3, -0.25) is 0 Å². The summed E-state index contributed by atoms with van der Waals surface area (Å²) in [6.07, 6.45) is 0.162. The molecule has 0 bridgehead atoms. The van der Waals surface area contributed by atoms with E-state index in [1.165, 1.54) is 12.1 Å². The highest BCUT2D eigenvalue weighted by Gasteiger charge is 2.25. The van der Waals surface area contributed by atoms with Crippen LogP contribution < -0.4 is 0 Å². The van der Waals surface area contributed by atoms with Crippen LogP contribution in [0, 0.1) is 17.6 Å². The molecule has 82 valence electrons. The molecule has 0 spiro atoms. The first-order valence-electron chi connectivity index (χ1n) is 4.88. The van der Waals surface area contributed by atoms with Crippen molar-refractivity contribution in [2.75, 3.05) is 11.5 Å². The number of benzene rings is 1. The second-order valence-corrected chi connectivity index (χ2v) is 4.92. The van der Waals surface area contributed by atoms with E-state index in [1.807, 2.05) is 0 Å². The van der Waals surface area contributed by atoms with Crippen LogP contribution >= 0.6 is 11.8 Å². The molecule has 15 heavy (non-hydrogen) atoms. The lowest BCUT2D eigenvalue weighted by Crippen LogP contribution is -2.12. The third-order valence-corrected chi connectivity index (χ3v) is 3.83. The van der Waals surface area contributed by atoms with Crippen LogP contribution in [-0.4, -0.2) is 16.6 Å². The highest BCUT2D eigenvalue weighted by Crippen LogP contribution is 2.34. The number of rotatable bonds is 2. The normalized spacial score (nSPS) is 23.0. The molecule has 0 radical (unpaired) electrons. The van der Waals surface area contributed by atoms with Crippen LogP contribution in [0.2, 0.25) is 0 Å². The number of thioether (sulfide) groups is 1. The number of aliphatic hydroxyl groups is 1. The number of aliphatic hydroxyl groups excluding tert-OH is 1. The molecule has 2 atom stereocenters. The Kier molecular flexibility index (Phi) is 3.26. The summed E-state index contributed by atoms with van der Waals surface area (Å²) in [5.74, 6) is 0.735. The Bertz CT molecular complexity index is 330. The van der Waals surface area contributed by atoms with Crippen LogP contribution in [0.4, 0.5) is 8.78 Å². The molecule has 4 heteroatoms. The minimum Gasteiger partial charge on any atom is -0.388 e. The van der Waals surface area contributed by atoms with E-state index in [0.29, 0.717) is 5.56 Å². The molecule has 1 N–H and O–H groups in total. The fraction of sp³-hybridized carbons (Fsp3) is 0.455.